The number of ether oxygens (including phenoxy) is 1. The number of carbonyl (C=O) groups excluding carboxylic acids is 1. The molecule has 2 N–H and O–H groups in total. The summed E-state index contributed by atoms with van der Waals surface area (Å²) in [6.07, 6.45) is 2.95. The summed E-state index contributed by atoms with van der Waals surface area (Å²) in [5.41, 5.74) is 5.55. The number of carbonyl (C=O) groups is 1. The first-order chi connectivity index (χ1) is 7.56. The van der Waals surface area contributed by atoms with E-state index in [2.05, 4.69) is 0 Å². The van der Waals surface area contributed by atoms with Crippen molar-refractivity contribution in [3.8, 4) is 0 Å². The van der Waals surface area contributed by atoms with Crippen LogP contribution in [-0.2, 0) is 9.53 Å². The molecule has 5 heteroatoms. The standard InChI is InChI=1S/C11H20N2O2S/c1-3-9(10(12)16)11(14)13(2)7-8-5-4-6-15-8/h8-9H,3-7H2,1-2H3,(H2,12,16). The van der Waals surface area contributed by atoms with Gasteiger partial charge in [-0.25, -0.2) is 0 Å². The van der Waals surface area contributed by atoms with Gasteiger partial charge in [-0.15, -0.1) is 0 Å². The lowest BCUT2D eigenvalue weighted by atomic mass is 10.1. The zero-order valence-corrected chi connectivity index (χ0v) is 10.8. The minimum Gasteiger partial charge on any atom is -0.393 e. The van der Waals surface area contributed by atoms with Crippen molar-refractivity contribution in [3.63, 3.8) is 0 Å². The van der Waals surface area contributed by atoms with Gasteiger partial charge < -0.3 is 15.4 Å². The summed E-state index contributed by atoms with van der Waals surface area (Å²) in [6, 6.07) is 0. The summed E-state index contributed by atoms with van der Waals surface area (Å²) in [7, 11) is 1.78. The summed E-state index contributed by atoms with van der Waals surface area (Å²) in [4.78, 5) is 14.0. The Morgan fingerprint density at radius 2 is 2.38 bits per heavy atom. The van der Waals surface area contributed by atoms with Crippen LogP contribution in [0, 0.1) is 5.92 Å². The highest BCUT2D eigenvalue weighted by Gasteiger charge is 2.26. The highest BCUT2D eigenvalue weighted by molar-refractivity contribution is 7.80. The van der Waals surface area contributed by atoms with E-state index in [-0.39, 0.29) is 22.9 Å². The van der Waals surface area contributed by atoms with Gasteiger partial charge in [0.05, 0.1) is 17.0 Å². The number of amides is 1. The van der Waals surface area contributed by atoms with Gasteiger partial charge in [0.1, 0.15) is 0 Å². The van der Waals surface area contributed by atoms with E-state index in [4.69, 9.17) is 22.7 Å². The molecule has 0 bridgehead atoms. The fourth-order valence-corrected chi connectivity index (χ4v) is 2.21. The van der Waals surface area contributed by atoms with Gasteiger partial charge in [0.25, 0.3) is 0 Å². The fraction of sp³-hybridized carbons (Fsp3) is 0.818. The maximum absolute atomic E-state index is 12.0. The molecule has 1 saturated heterocycles. The average Bonchev–Trinajstić information content (AvgIpc) is 2.70. The summed E-state index contributed by atoms with van der Waals surface area (Å²) in [5.74, 6) is -0.327. The first-order valence-electron chi connectivity index (χ1n) is 5.72. The van der Waals surface area contributed by atoms with Gasteiger partial charge in [-0.1, -0.05) is 19.1 Å². The molecular formula is C11H20N2O2S. The zero-order valence-electron chi connectivity index (χ0n) is 9.94. The van der Waals surface area contributed by atoms with Crippen LogP contribution in [0.5, 0.6) is 0 Å². The molecule has 92 valence electrons. The topological polar surface area (TPSA) is 55.6 Å². The summed E-state index contributed by atoms with van der Waals surface area (Å²) < 4.78 is 5.49. The fourth-order valence-electron chi connectivity index (χ4n) is 1.95. The molecule has 0 spiro atoms. The number of hydrogen-bond donors (Lipinski definition) is 1. The largest absolute Gasteiger partial charge is 0.393 e. The maximum Gasteiger partial charge on any atom is 0.232 e. The first kappa shape index (κ1) is 13.4. The first-order valence-corrected chi connectivity index (χ1v) is 6.13. The maximum atomic E-state index is 12.0. The van der Waals surface area contributed by atoms with Crippen LogP contribution in [0.4, 0.5) is 0 Å². The van der Waals surface area contributed by atoms with E-state index in [1.165, 1.54) is 0 Å². The quantitative estimate of drug-likeness (QED) is 0.731. The monoisotopic (exact) mass is 244 g/mol. The molecule has 0 radical (unpaired) electrons. The molecule has 16 heavy (non-hydrogen) atoms. The van der Waals surface area contributed by atoms with Crippen molar-refractivity contribution in [2.75, 3.05) is 20.2 Å². The Morgan fingerprint density at radius 3 is 2.81 bits per heavy atom. The molecule has 0 saturated carbocycles. The molecule has 2 unspecified atom stereocenters. The Hall–Kier alpha value is -0.680. The molecule has 2 atom stereocenters. The van der Waals surface area contributed by atoms with E-state index in [1.54, 1.807) is 11.9 Å². The van der Waals surface area contributed by atoms with Crippen LogP contribution in [-0.4, -0.2) is 42.1 Å². The van der Waals surface area contributed by atoms with E-state index in [1.807, 2.05) is 6.92 Å². The van der Waals surface area contributed by atoms with Crippen LogP contribution in [0.15, 0.2) is 0 Å². The van der Waals surface area contributed by atoms with Gasteiger partial charge in [0.2, 0.25) is 5.91 Å². The van der Waals surface area contributed by atoms with Crippen molar-refractivity contribution in [1.82, 2.24) is 4.90 Å². The molecule has 0 aromatic heterocycles. The Bertz CT molecular complexity index is 265. The van der Waals surface area contributed by atoms with Crippen LogP contribution in [0.3, 0.4) is 0 Å². The molecular weight excluding hydrogens is 224 g/mol. The SMILES string of the molecule is CCC(C(=O)N(C)CC1CCCO1)C(N)=S. The predicted molar refractivity (Wildman–Crippen MR) is 67.2 cm³/mol. The van der Waals surface area contributed by atoms with Gasteiger partial charge in [0.15, 0.2) is 0 Å². The second-order valence-corrected chi connectivity index (χ2v) is 4.69. The molecule has 1 aliphatic heterocycles. The van der Waals surface area contributed by atoms with Gasteiger partial charge in [0, 0.05) is 20.2 Å². The van der Waals surface area contributed by atoms with Crippen LogP contribution in [0.2, 0.25) is 0 Å². The Balaban J connectivity index is 2.48. The normalized spacial score (nSPS) is 21.8. The molecule has 0 aliphatic carbocycles. The second-order valence-electron chi connectivity index (χ2n) is 4.22. The number of thiocarbonyl (C=S) groups is 1. The summed E-state index contributed by atoms with van der Waals surface area (Å²) in [5, 5.41) is 0. The highest BCUT2D eigenvalue weighted by atomic mass is 32.1. The molecule has 1 fully saturated rings. The smallest absolute Gasteiger partial charge is 0.232 e. The zero-order chi connectivity index (χ0) is 12.1. The van der Waals surface area contributed by atoms with Crippen LogP contribution in [0.1, 0.15) is 26.2 Å². The van der Waals surface area contributed by atoms with Crippen molar-refractivity contribution in [2.45, 2.75) is 32.3 Å². The minimum absolute atomic E-state index is 0.00509. The van der Waals surface area contributed by atoms with E-state index in [9.17, 15) is 4.79 Å². The number of nitrogens with zero attached hydrogens (tertiary/aromatic N) is 1. The van der Waals surface area contributed by atoms with Gasteiger partial charge >= 0.3 is 0 Å². The van der Waals surface area contributed by atoms with E-state index >= 15 is 0 Å². The Labute approximate surface area is 102 Å². The highest BCUT2D eigenvalue weighted by Crippen LogP contribution is 2.14. The van der Waals surface area contributed by atoms with Crippen LogP contribution in [0.25, 0.3) is 0 Å². The van der Waals surface area contributed by atoms with Crippen molar-refractivity contribution < 1.29 is 9.53 Å². The third-order valence-corrected chi connectivity index (χ3v) is 3.21. The lowest BCUT2D eigenvalue weighted by molar-refractivity contribution is -0.133. The van der Waals surface area contributed by atoms with Crippen LogP contribution >= 0.6 is 12.2 Å². The predicted octanol–water partition coefficient (Wildman–Crippen LogP) is 0.936. The van der Waals surface area contributed by atoms with Crippen molar-refractivity contribution in [3.05, 3.63) is 0 Å². The Kier molecular flexibility index (Phi) is 5.15. The number of nitrogens with two attached hydrogens (primary N) is 1. The molecule has 1 rings (SSSR count). The van der Waals surface area contributed by atoms with Crippen molar-refractivity contribution in [2.24, 2.45) is 11.7 Å². The second kappa shape index (κ2) is 6.15. The Morgan fingerprint density at radius 1 is 1.69 bits per heavy atom. The third-order valence-electron chi connectivity index (χ3n) is 2.93. The number of rotatable bonds is 5. The van der Waals surface area contributed by atoms with Gasteiger partial charge in [-0.05, 0) is 19.3 Å². The number of likely N-dealkylation sites (N-methyl/N-ethyl adjacent to an activating group) is 1. The molecule has 0 aromatic carbocycles. The van der Waals surface area contributed by atoms with Gasteiger partial charge in [-0.2, -0.15) is 0 Å². The third kappa shape index (κ3) is 3.42. The van der Waals surface area contributed by atoms with E-state index < -0.39 is 0 Å². The number of hydrogen-bond acceptors (Lipinski definition) is 3. The van der Waals surface area contributed by atoms with E-state index in [0.29, 0.717) is 13.0 Å². The molecule has 1 heterocycles. The lowest BCUT2D eigenvalue weighted by Gasteiger charge is -2.24. The molecule has 1 aliphatic rings. The minimum atomic E-state index is -0.332. The lowest BCUT2D eigenvalue weighted by Crippen LogP contribution is -2.42. The van der Waals surface area contributed by atoms with Crippen molar-refractivity contribution in [1.29, 1.82) is 0 Å². The molecule has 4 nitrogen and oxygen atoms in total. The molecule has 1 amide bonds. The summed E-state index contributed by atoms with van der Waals surface area (Å²) in [6.45, 7) is 3.36. The van der Waals surface area contributed by atoms with Crippen LogP contribution < -0.4 is 5.73 Å². The van der Waals surface area contributed by atoms with E-state index in [0.717, 1.165) is 19.4 Å². The summed E-state index contributed by atoms with van der Waals surface area (Å²) >= 11 is 4.89. The molecule has 0 aromatic rings. The average molecular weight is 244 g/mol. The van der Waals surface area contributed by atoms with Crippen molar-refractivity contribution >= 4 is 23.1 Å². The van der Waals surface area contributed by atoms with Gasteiger partial charge in [-0.3, -0.25) is 4.79 Å².